The highest BCUT2D eigenvalue weighted by atomic mass is 16.3. The smallest absolute Gasteiger partial charge is 0.0900 e. The Kier molecular flexibility index (Phi) is 4.64. The van der Waals surface area contributed by atoms with Crippen molar-refractivity contribution in [3.05, 3.63) is 0 Å². The number of hydrogen-bond acceptors (Lipinski definition) is 4. The Morgan fingerprint density at radius 1 is 1.11 bits per heavy atom. The molecule has 1 atom stereocenters. The zero-order valence-corrected chi connectivity index (χ0v) is 12.2. The molecule has 2 rings (SSSR count). The van der Waals surface area contributed by atoms with Gasteiger partial charge in [0.1, 0.15) is 0 Å². The van der Waals surface area contributed by atoms with Gasteiger partial charge in [-0.25, -0.2) is 0 Å². The first kappa shape index (κ1) is 14.3. The lowest BCUT2D eigenvalue weighted by Gasteiger charge is -2.44. The standard InChI is InChI=1S/C14H29N3O/c1-13(2)17-6-4-5-14(18,12-17)11-16-9-7-15(3)8-10-16/h13,18H,4-12H2,1-3H3/t14-/m1/s1. The molecule has 2 saturated heterocycles. The van der Waals surface area contributed by atoms with Gasteiger partial charge in [0.05, 0.1) is 5.60 Å². The van der Waals surface area contributed by atoms with Gasteiger partial charge in [0, 0.05) is 45.3 Å². The van der Waals surface area contributed by atoms with E-state index in [1.807, 2.05) is 0 Å². The van der Waals surface area contributed by atoms with E-state index >= 15 is 0 Å². The van der Waals surface area contributed by atoms with Crippen LogP contribution in [0.15, 0.2) is 0 Å². The van der Waals surface area contributed by atoms with E-state index in [4.69, 9.17) is 0 Å². The first-order chi connectivity index (χ1) is 8.48. The molecule has 0 spiro atoms. The van der Waals surface area contributed by atoms with Gasteiger partial charge in [-0.05, 0) is 40.3 Å². The van der Waals surface area contributed by atoms with Crippen LogP contribution >= 0.6 is 0 Å². The van der Waals surface area contributed by atoms with Crippen molar-refractivity contribution in [2.75, 3.05) is 52.9 Å². The van der Waals surface area contributed by atoms with Crippen LogP contribution in [0.3, 0.4) is 0 Å². The fraction of sp³-hybridized carbons (Fsp3) is 1.00. The summed E-state index contributed by atoms with van der Waals surface area (Å²) >= 11 is 0. The number of β-amino-alcohol motifs (C(OH)–C–C–N with tert-alkyl or cyclic N) is 1. The minimum atomic E-state index is -0.488. The van der Waals surface area contributed by atoms with Gasteiger partial charge >= 0.3 is 0 Å². The molecule has 0 radical (unpaired) electrons. The molecule has 0 unspecified atom stereocenters. The lowest BCUT2D eigenvalue weighted by Crippen LogP contribution is -2.58. The lowest BCUT2D eigenvalue weighted by molar-refractivity contribution is -0.0653. The molecule has 2 aliphatic rings. The van der Waals surface area contributed by atoms with E-state index in [0.29, 0.717) is 6.04 Å². The Hall–Kier alpha value is -0.160. The van der Waals surface area contributed by atoms with Crippen LogP contribution in [-0.4, -0.2) is 84.3 Å². The van der Waals surface area contributed by atoms with Crippen LogP contribution in [0.4, 0.5) is 0 Å². The molecule has 0 aromatic heterocycles. The molecule has 0 aromatic rings. The normalized spacial score (nSPS) is 33.2. The Bertz CT molecular complexity index is 264. The highest BCUT2D eigenvalue weighted by Crippen LogP contribution is 2.24. The number of likely N-dealkylation sites (N-methyl/N-ethyl adjacent to an activating group) is 1. The average molecular weight is 255 g/mol. The summed E-state index contributed by atoms with van der Waals surface area (Å²) in [5, 5.41) is 10.8. The van der Waals surface area contributed by atoms with Gasteiger partial charge in [-0.15, -0.1) is 0 Å². The second-order valence-electron chi connectivity index (χ2n) is 6.47. The van der Waals surface area contributed by atoms with E-state index in [0.717, 1.165) is 58.7 Å². The Morgan fingerprint density at radius 2 is 1.78 bits per heavy atom. The number of rotatable bonds is 3. The van der Waals surface area contributed by atoms with E-state index in [1.54, 1.807) is 0 Å². The van der Waals surface area contributed by atoms with E-state index in [9.17, 15) is 5.11 Å². The number of piperidine rings is 1. The minimum Gasteiger partial charge on any atom is -0.387 e. The first-order valence-electron chi connectivity index (χ1n) is 7.36. The summed E-state index contributed by atoms with van der Waals surface area (Å²) < 4.78 is 0. The molecule has 1 N–H and O–H groups in total. The van der Waals surface area contributed by atoms with E-state index in [-0.39, 0.29) is 0 Å². The van der Waals surface area contributed by atoms with Crippen LogP contribution in [0.1, 0.15) is 26.7 Å². The van der Waals surface area contributed by atoms with Crippen LogP contribution < -0.4 is 0 Å². The van der Waals surface area contributed by atoms with Gasteiger partial charge in [-0.2, -0.15) is 0 Å². The van der Waals surface area contributed by atoms with Gasteiger partial charge in [0.2, 0.25) is 0 Å². The van der Waals surface area contributed by atoms with Crippen LogP contribution in [0.25, 0.3) is 0 Å². The summed E-state index contributed by atoms with van der Waals surface area (Å²) in [7, 11) is 2.17. The molecule has 0 bridgehead atoms. The maximum Gasteiger partial charge on any atom is 0.0900 e. The summed E-state index contributed by atoms with van der Waals surface area (Å²) in [6.45, 7) is 11.7. The quantitative estimate of drug-likeness (QED) is 0.794. The molecule has 18 heavy (non-hydrogen) atoms. The highest BCUT2D eigenvalue weighted by molar-refractivity contribution is 4.91. The van der Waals surface area contributed by atoms with Gasteiger partial charge < -0.3 is 10.0 Å². The summed E-state index contributed by atoms with van der Waals surface area (Å²) in [4.78, 5) is 7.21. The van der Waals surface area contributed by atoms with Crippen molar-refractivity contribution >= 4 is 0 Å². The molecule has 2 heterocycles. The van der Waals surface area contributed by atoms with Crippen molar-refractivity contribution in [1.82, 2.24) is 14.7 Å². The summed E-state index contributed by atoms with van der Waals surface area (Å²) in [6.07, 6.45) is 2.09. The van der Waals surface area contributed by atoms with Crippen LogP contribution in [0.2, 0.25) is 0 Å². The highest BCUT2D eigenvalue weighted by Gasteiger charge is 2.36. The summed E-state index contributed by atoms with van der Waals surface area (Å²) in [5.74, 6) is 0. The first-order valence-corrected chi connectivity index (χ1v) is 7.36. The van der Waals surface area contributed by atoms with E-state index in [2.05, 4.69) is 35.6 Å². The number of piperazine rings is 1. The third kappa shape index (κ3) is 3.67. The minimum absolute atomic E-state index is 0.488. The molecular weight excluding hydrogens is 226 g/mol. The number of likely N-dealkylation sites (tertiary alicyclic amines) is 1. The summed E-state index contributed by atoms with van der Waals surface area (Å²) in [6, 6.07) is 0.546. The van der Waals surface area contributed by atoms with Gasteiger partial charge in [0.25, 0.3) is 0 Å². The largest absolute Gasteiger partial charge is 0.387 e. The molecular formula is C14H29N3O. The fourth-order valence-electron chi connectivity index (χ4n) is 3.14. The van der Waals surface area contributed by atoms with Gasteiger partial charge in [-0.1, -0.05) is 0 Å². The second kappa shape index (κ2) is 5.87. The Labute approximate surface area is 112 Å². The number of nitrogens with zero attached hydrogens (tertiary/aromatic N) is 3. The Balaban J connectivity index is 1.86. The number of hydrogen-bond donors (Lipinski definition) is 1. The maximum atomic E-state index is 10.8. The van der Waals surface area contributed by atoms with Crippen molar-refractivity contribution in [2.24, 2.45) is 0 Å². The van der Waals surface area contributed by atoms with E-state index < -0.39 is 5.60 Å². The SMILES string of the molecule is CC(C)N1CCC[C@@](O)(CN2CCN(C)CC2)C1. The molecule has 0 aromatic carbocycles. The van der Waals surface area contributed by atoms with Crippen molar-refractivity contribution in [2.45, 2.75) is 38.3 Å². The zero-order valence-electron chi connectivity index (χ0n) is 12.2. The third-order valence-corrected chi connectivity index (χ3v) is 4.43. The topological polar surface area (TPSA) is 30.0 Å². The van der Waals surface area contributed by atoms with Crippen molar-refractivity contribution < 1.29 is 5.11 Å². The average Bonchev–Trinajstić information content (AvgIpc) is 2.32. The van der Waals surface area contributed by atoms with Gasteiger partial charge in [0.15, 0.2) is 0 Å². The van der Waals surface area contributed by atoms with Crippen LogP contribution in [-0.2, 0) is 0 Å². The molecule has 0 saturated carbocycles. The van der Waals surface area contributed by atoms with Gasteiger partial charge in [-0.3, -0.25) is 9.80 Å². The molecule has 0 amide bonds. The predicted octanol–water partition coefficient (Wildman–Crippen LogP) is 0.469. The van der Waals surface area contributed by atoms with Crippen LogP contribution in [0.5, 0.6) is 0 Å². The lowest BCUT2D eigenvalue weighted by atomic mass is 9.91. The predicted molar refractivity (Wildman–Crippen MR) is 74.8 cm³/mol. The van der Waals surface area contributed by atoms with Crippen LogP contribution in [0, 0.1) is 0 Å². The summed E-state index contributed by atoms with van der Waals surface area (Å²) in [5.41, 5.74) is -0.488. The third-order valence-electron chi connectivity index (χ3n) is 4.43. The molecule has 2 aliphatic heterocycles. The fourth-order valence-corrected chi connectivity index (χ4v) is 3.14. The zero-order chi connectivity index (χ0) is 13.2. The molecule has 4 heteroatoms. The number of aliphatic hydroxyl groups is 1. The molecule has 0 aliphatic carbocycles. The van der Waals surface area contributed by atoms with Crippen molar-refractivity contribution in [1.29, 1.82) is 0 Å². The van der Waals surface area contributed by atoms with Crippen molar-refractivity contribution in [3.8, 4) is 0 Å². The second-order valence-corrected chi connectivity index (χ2v) is 6.47. The molecule has 106 valence electrons. The maximum absolute atomic E-state index is 10.8. The molecule has 2 fully saturated rings. The van der Waals surface area contributed by atoms with E-state index in [1.165, 1.54) is 0 Å². The van der Waals surface area contributed by atoms with Crippen molar-refractivity contribution in [3.63, 3.8) is 0 Å². The molecule has 4 nitrogen and oxygen atoms in total. The monoisotopic (exact) mass is 255 g/mol. The Morgan fingerprint density at radius 3 is 2.39 bits per heavy atom.